The standard InChI is InChI=1S/C18H26N2/c1-6-14(2)20-13-17(18(3,4)5)19-12-16(20)15-10-8-7-9-11-15/h1,7-11,14,16-17,19H,12-13H2,2-5H3. The Morgan fingerprint density at radius 2 is 1.95 bits per heavy atom. The summed E-state index contributed by atoms with van der Waals surface area (Å²) in [7, 11) is 0. The lowest BCUT2D eigenvalue weighted by Crippen LogP contribution is -2.58. The third-order valence-electron chi connectivity index (χ3n) is 4.32. The van der Waals surface area contributed by atoms with E-state index in [0.29, 0.717) is 12.1 Å². The molecule has 1 aromatic carbocycles. The Labute approximate surface area is 123 Å². The molecular weight excluding hydrogens is 244 g/mol. The third kappa shape index (κ3) is 3.23. The summed E-state index contributed by atoms with van der Waals surface area (Å²) in [5, 5.41) is 3.71. The molecule has 0 amide bonds. The van der Waals surface area contributed by atoms with Gasteiger partial charge in [0, 0.05) is 25.2 Å². The Balaban J connectivity index is 2.24. The lowest BCUT2D eigenvalue weighted by molar-refractivity contribution is 0.0720. The summed E-state index contributed by atoms with van der Waals surface area (Å²) in [4.78, 5) is 2.46. The SMILES string of the molecule is C#CC(C)N1CC(C(C)(C)C)NCC1c1ccccc1. The van der Waals surface area contributed by atoms with Crippen LogP contribution in [0, 0.1) is 17.8 Å². The molecule has 2 rings (SSSR count). The maximum absolute atomic E-state index is 5.69. The van der Waals surface area contributed by atoms with E-state index < -0.39 is 0 Å². The van der Waals surface area contributed by atoms with Crippen molar-refractivity contribution in [2.75, 3.05) is 13.1 Å². The fraction of sp³-hybridized carbons (Fsp3) is 0.556. The second-order valence-corrected chi connectivity index (χ2v) is 6.79. The largest absolute Gasteiger partial charge is 0.310 e. The number of hydrogen-bond donors (Lipinski definition) is 1. The Hall–Kier alpha value is -1.30. The van der Waals surface area contributed by atoms with Crippen LogP contribution in [0.1, 0.15) is 39.3 Å². The molecule has 0 saturated carbocycles. The van der Waals surface area contributed by atoms with Crippen LogP contribution >= 0.6 is 0 Å². The van der Waals surface area contributed by atoms with Crippen molar-refractivity contribution in [1.29, 1.82) is 0 Å². The lowest BCUT2D eigenvalue weighted by atomic mass is 9.83. The van der Waals surface area contributed by atoms with Crippen LogP contribution in [-0.4, -0.2) is 30.1 Å². The molecule has 0 radical (unpaired) electrons. The number of piperazine rings is 1. The van der Waals surface area contributed by atoms with Gasteiger partial charge < -0.3 is 5.32 Å². The zero-order valence-corrected chi connectivity index (χ0v) is 13.1. The van der Waals surface area contributed by atoms with Crippen molar-refractivity contribution in [1.82, 2.24) is 10.2 Å². The quantitative estimate of drug-likeness (QED) is 0.831. The summed E-state index contributed by atoms with van der Waals surface area (Å²) in [6, 6.07) is 11.6. The Bertz CT molecular complexity index is 466. The minimum absolute atomic E-state index is 0.159. The molecule has 0 aromatic heterocycles. The average Bonchev–Trinajstić information content (AvgIpc) is 2.45. The summed E-state index contributed by atoms with van der Waals surface area (Å²) in [5.41, 5.74) is 1.59. The Morgan fingerprint density at radius 1 is 1.30 bits per heavy atom. The highest BCUT2D eigenvalue weighted by Gasteiger charge is 2.36. The molecule has 1 heterocycles. The second kappa shape index (κ2) is 5.99. The minimum atomic E-state index is 0.159. The molecule has 1 aromatic rings. The Kier molecular flexibility index (Phi) is 4.52. The van der Waals surface area contributed by atoms with E-state index in [1.54, 1.807) is 0 Å². The summed E-state index contributed by atoms with van der Waals surface area (Å²) in [6.45, 7) is 10.9. The van der Waals surface area contributed by atoms with E-state index in [9.17, 15) is 0 Å². The first-order valence-electron chi connectivity index (χ1n) is 7.43. The zero-order chi connectivity index (χ0) is 14.8. The van der Waals surface area contributed by atoms with E-state index in [2.05, 4.69) is 74.2 Å². The molecule has 1 saturated heterocycles. The zero-order valence-electron chi connectivity index (χ0n) is 13.1. The van der Waals surface area contributed by atoms with Crippen molar-refractivity contribution >= 4 is 0 Å². The van der Waals surface area contributed by atoms with Gasteiger partial charge in [-0.25, -0.2) is 0 Å². The normalized spacial score (nSPS) is 25.9. The van der Waals surface area contributed by atoms with Gasteiger partial charge in [-0.05, 0) is 17.9 Å². The summed E-state index contributed by atoms with van der Waals surface area (Å²) >= 11 is 0. The lowest BCUT2D eigenvalue weighted by Gasteiger charge is -2.46. The number of hydrogen-bond acceptors (Lipinski definition) is 2. The number of terminal acetylenes is 1. The van der Waals surface area contributed by atoms with E-state index in [0.717, 1.165) is 13.1 Å². The van der Waals surface area contributed by atoms with Gasteiger partial charge in [0.25, 0.3) is 0 Å². The molecule has 2 heteroatoms. The van der Waals surface area contributed by atoms with Crippen molar-refractivity contribution in [2.24, 2.45) is 5.41 Å². The molecule has 1 fully saturated rings. The molecule has 1 N–H and O–H groups in total. The first-order valence-corrected chi connectivity index (χ1v) is 7.43. The summed E-state index contributed by atoms with van der Waals surface area (Å²) in [5.74, 6) is 2.90. The molecular formula is C18H26N2. The van der Waals surface area contributed by atoms with Gasteiger partial charge in [0.15, 0.2) is 0 Å². The van der Waals surface area contributed by atoms with Gasteiger partial charge in [0.1, 0.15) is 0 Å². The van der Waals surface area contributed by atoms with E-state index >= 15 is 0 Å². The number of benzene rings is 1. The third-order valence-corrected chi connectivity index (χ3v) is 4.32. The van der Waals surface area contributed by atoms with Gasteiger partial charge in [-0.3, -0.25) is 4.90 Å². The predicted octanol–water partition coefficient (Wildman–Crippen LogP) is 3.07. The van der Waals surface area contributed by atoms with E-state index in [1.807, 2.05) is 0 Å². The maximum Gasteiger partial charge on any atom is 0.0689 e. The highest BCUT2D eigenvalue weighted by Crippen LogP contribution is 2.30. The van der Waals surface area contributed by atoms with Crippen LogP contribution in [-0.2, 0) is 0 Å². The summed E-state index contributed by atoms with van der Waals surface area (Å²) < 4.78 is 0. The summed E-state index contributed by atoms with van der Waals surface area (Å²) in [6.07, 6.45) is 5.69. The number of nitrogens with one attached hydrogen (secondary N) is 1. The molecule has 108 valence electrons. The highest BCUT2D eigenvalue weighted by molar-refractivity contribution is 5.21. The van der Waals surface area contributed by atoms with Gasteiger partial charge in [0.05, 0.1) is 6.04 Å². The molecule has 3 unspecified atom stereocenters. The van der Waals surface area contributed by atoms with Crippen molar-refractivity contribution in [3.8, 4) is 12.3 Å². The average molecular weight is 270 g/mol. The molecule has 2 nitrogen and oxygen atoms in total. The van der Waals surface area contributed by atoms with Crippen LogP contribution in [0.5, 0.6) is 0 Å². The van der Waals surface area contributed by atoms with E-state index in [4.69, 9.17) is 6.42 Å². The first-order chi connectivity index (χ1) is 9.43. The van der Waals surface area contributed by atoms with E-state index in [-0.39, 0.29) is 11.5 Å². The first kappa shape index (κ1) is 15.1. The Morgan fingerprint density at radius 3 is 2.50 bits per heavy atom. The van der Waals surface area contributed by atoms with Gasteiger partial charge in [0.2, 0.25) is 0 Å². The van der Waals surface area contributed by atoms with Crippen LogP contribution in [0.4, 0.5) is 0 Å². The van der Waals surface area contributed by atoms with Gasteiger partial charge in [-0.15, -0.1) is 6.42 Å². The second-order valence-electron chi connectivity index (χ2n) is 6.79. The molecule has 3 atom stereocenters. The van der Waals surface area contributed by atoms with Crippen LogP contribution in [0.25, 0.3) is 0 Å². The molecule has 1 aliphatic rings. The predicted molar refractivity (Wildman–Crippen MR) is 85.4 cm³/mol. The minimum Gasteiger partial charge on any atom is -0.310 e. The molecule has 0 bridgehead atoms. The van der Waals surface area contributed by atoms with Crippen LogP contribution in [0.15, 0.2) is 30.3 Å². The number of nitrogens with zero attached hydrogens (tertiary/aromatic N) is 1. The van der Waals surface area contributed by atoms with E-state index in [1.165, 1.54) is 5.56 Å². The fourth-order valence-corrected chi connectivity index (χ4v) is 2.86. The van der Waals surface area contributed by atoms with Gasteiger partial charge >= 0.3 is 0 Å². The smallest absolute Gasteiger partial charge is 0.0689 e. The van der Waals surface area contributed by atoms with Crippen LogP contribution in [0.2, 0.25) is 0 Å². The number of rotatable bonds is 2. The molecule has 1 aliphatic heterocycles. The fourth-order valence-electron chi connectivity index (χ4n) is 2.86. The van der Waals surface area contributed by atoms with Crippen LogP contribution < -0.4 is 5.32 Å². The monoisotopic (exact) mass is 270 g/mol. The van der Waals surface area contributed by atoms with Crippen molar-refractivity contribution in [3.63, 3.8) is 0 Å². The van der Waals surface area contributed by atoms with Crippen LogP contribution in [0.3, 0.4) is 0 Å². The highest BCUT2D eigenvalue weighted by atomic mass is 15.3. The van der Waals surface area contributed by atoms with Gasteiger partial charge in [-0.1, -0.05) is 57.0 Å². The molecule has 0 aliphatic carbocycles. The molecule has 0 spiro atoms. The van der Waals surface area contributed by atoms with Gasteiger partial charge in [-0.2, -0.15) is 0 Å². The van der Waals surface area contributed by atoms with Crippen molar-refractivity contribution in [3.05, 3.63) is 35.9 Å². The van der Waals surface area contributed by atoms with Crippen molar-refractivity contribution < 1.29 is 0 Å². The molecule has 20 heavy (non-hydrogen) atoms. The van der Waals surface area contributed by atoms with Crippen molar-refractivity contribution in [2.45, 2.75) is 45.8 Å². The maximum atomic E-state index is 5.69. The topological polar surface area (TPSA) is 15.3 Å².